The summed E-state index contributed by atoms with van der Waals surface area (Å²) in [5.74, 6) is 0. The van der Waals surface area contributed by atoms with Crippen molar-refractivity contribution in [3.63, 3.8) is 0 Å². The predicted molar refractivity (Wildman–Crippen MR) is 61.8 cm³/mol. The van der Waals surface area contributed by atoms with Crippen LogP contribution < -0.4 is 0 Å². The Balaban J connectivity index is 3.36. The molecule has 0 aliphatic rings. The van der Waals surface area contributed by atoms with E-state index in [2.05, 4.69) is 38.5 Å². The highest BCUT2D eigenvalue weighted by atomic mass is 127. The minimum absolute atomic E-state index is 0.407. The van der Waals surface area contributed by atoms with E-state index in [1.807, 2.05) is 13.0 Å². The second kappa shape index (κ2) is 4.07. The van der Waals surface area contributed by atoms with Crippen molar-refractivity contribution >= 4 is 55.4 Å². The van der Waals surface area contributed by atoms with Crippen LogP contribution in [0.2, 0.25) is 0 Å². The Morgan fingerprint density at radius 3 is 2.67 bits per heavy atom. The Morgan fingerprint density at radius 1 is 1.58 bits per heavy atom. The molecule has 0 amide bonds. The zero-order valence-electron chi connectivity index (χ0n) is 6.20. The van der Waals surface area contributed by atoms with Gasteiger partial charge in [-0.15, -0.1) is 0 Å². The minimum atomic E-state index is -0.407. The van der Waals surface area contributed by atoms with E-state index in [4.69, 9.17) is 11.6 Å². The molecule has 1 aromatic rings. The summed E-state index contributed by atoms with van der Waals surface area (Å²) in [4.78, 5) is 10.9. The fourth-order valence-electron chi connectivity index (χ4n) is 0.813. The fourth-order valence-corrected chi connectivity index (χ4v) is 2.55. The third-order valence-electron chi connectivity index (χ3n) is 1.53. The molecule has 1 nitrogen and oxygen atoms in total. The van der Waals surface area contributed by atoms with E-state index in [1.165, 1.54) is 0 Å². The molecule has 0 aromatic heterocycles. The largest absolute Gasteiger partial charge is 0.276 e. The van der Waals surface area contributed by atoms with E-state index in [0.29, 0.717) is 5.56 Å². The summed E-state index contributed by atoms with van der Waals surface area (Å²) in [5, 5.41) is -0.407. The van der Waals surface area contributed by atoms with Gasteiger partial charge in [-0.05, 0) is 58.8 Å². The van der Waals surface area contributed by atoms with Crippen molar-refractivity contribution in [3.05, 3.63) is 31.3 Å². The minimum Gasteiger partial charge on any atom is -0.276 e. The molecule has 0 heterocycles. The highest BCUT2D eigenvalue weighted by molar-refractivity contribution is 14.1. The van der Waals surface area contributed by atoms with Crippen LogP contribution in [-0.4, -0.2) is 5.24 Å². The molecule has 1 aromatic carbocycles. The number of halogens is 3. The number of carbonyl (C=O) groups excluding carboxylic acids is 1. The zero-order valence-corrected chi connectivity index (χ0v) is 10.7. The van der Waals surface area contributed by atoms with Gasteiger partial charge in [0.25, 0.3) is 5.24 Å². The highest BCUT2D eigenvalue weighted by Gasteiger charge is 2.10. The van der Waals surface area contributed by atoms with Gasteiger partial charge < -0.3 is 0 Å². The topological polar surface area (TPSA) is 17.1 Å². The average Bonchev–Trinajstić information content (AvgIpc) is 2.00. The maximum Gasteiger partial charge on any atom is 0.253 e. The summed E-state index contributed by atoms with van der Waals surface area (Å²) in [6, 6.07) is 3.54. The van der Waals surface area contributed by atoms with Gasteiger partial charge in [0.1, 0.15) is 0 Å². The van der Waals surface area contributed by atoms with Crippen LogP contribution in [0, 0.1) is 10.5 Å². The third kappa shape index (κ3) is 2.00. The molecule has 0 fully saturated rings. The maximum atomic E-state index is 10.9. The molecule has 64 valence electrons. The first kappa shape index (κ1) is 10.5. The third-order valence-corrected chi connectivity index (χ3v) is 3.98. The van der Waals surface area contributed by atoms with Gasteiger partial charge in [-0.3, -0.25) is 4.79 Å². The molecular formula is C8H5BrClIO. The number of benzene rings is 1. The van der Waals surface area contributed by atoms with Crippen LogP contribution in [0.25, 0.3) is 0 Å². The van der Waals surface area contributed by atoms with Crippen molar-refractivity contribution in [2.24, 2.45) is 0 Å². The molecule has 0 saturated heterocycles. The fraction of sp³-hybridized carbons (Fsp3) is 0.125. The number of hydrogen-bond acceptors (Lipinski definition) is 1. The molecule has 4 heteroatoms. The SMILES string of the molecule is Cc1c(Br)ccc(C(=O)Cl)c1I. The summed E-state index contributed by atoms with van der Waals surface area (Å²) in [6.45, 7) is 1.94. The molecule has 0 aliphatic heterocycles. The first-order valence-electron chi connectivity index (χ1n) is 3.18. The standard InChI is InChI=1S/C8H5BrClIO/c1-4-6(9)3-2-5(7(4)11)8(10)12/h2-3H,1H3. The summed E-state index contributed by atoms with van der Waals surface area (Å²) in [7, 11) is 0. The molecule has 0 spiro atoms. The summed E-state index contributed by atoms with van der Waals surface area (Å²) in [6.07, 6.45) is 0. The van der Waals surface area contributed by atoms with Crippen molar-refractivity contribution in [1.29, 1.82) is 0 Å². The van der Waals surface area contributed by atoms with Gasteiger partial charge in [-0.1, -0.05) is 15.9 Å². The van der Waals surface area contributed by atoms with Crippen LogP contribution in [0.3, 0.4) is 0 Å². The van der Waals surface area contributed by atoms with Crippen LogP contribution >= 0.6 is 50.1 Å². The Kier molecular flexibility index (Phi) is 3.55. The van der Waals surface area contributed by atoms with Gasteiger partial charge in [0, 0.05) is 13.6 Å². The Morgan fingerprint density at radius 2 is 2.17 bits per heavy atom. The van der Waals surface area contributed by atoms with Gasteiger partial charge in [-0.2, -0.15) is 0 Å². The van der Waals surface area contributed by atoms with Crippen LogP contribution in [0.1, 0.15) is 15.9 Å². The van der Waals surface area contributed by atoms with E-state index in [9.17, 15) is 4.79 Å². The Labute approximate surface area is 97.8 Å². The van der Waals surface area contributed by atoms with Gasteiger partial charge in [0.05, 0.1) is 0 Å². The van der Waals surface area contributed by atoms with E-state index in [-0.39, 0.29) is 0 Å². The molecule has 12 heavy (non-hydrogen) atoms. The van der Waals surface area contributed by atoms with Crippen LogP contribution in [0.5, 0.6) is 0 Å². The van der Waals surface area contributed by atoms with Crippen LogP contribution in [-0.2, 0) is 0 Å². The Hall–Kier alpha value is 0.390. The van der Waals surface area contributed by atoms with Crippen molar-refractivity contribution in [2.75, 3.05) is 0 Å². The second-order valence-corrected chi connectivity index (χ2v) is 4.58. The first-order chi connectivity index (χ1) is 5.54. The van der Waals surface area contributed by atoms with Crippen molar-refractivity contribution in [3.8, 4) is 0 Å². The summed E-state index contributed by atoms with van der Waals surface area (Å²) in [5.41, 5.74) is 1.61. The normalized spacial score (nSPS) is 10.0. The van der Waals surface area contributed by atoms with E-state index in [1.54, 1.807) is 6.07 Å². The van der Waals surface area contributed by atoms with Crippen molar-refractivity contribution in [2.45, 2.75) is 6.92 Å². The van der Waals surface area contributed by atoms with Crippen LogP contribution in [0.15, 0.2) is 16.6 Å². The molecule has 0 unspecified atom stereocenters. The zero-order chi connectivity index (χ0) is 9.30. The highest BCUT2D eigenvalue weighted by Crippen LogP contribution is 2.25. The molecule has 0 radical (unpaired) electrons. The lowest BCUT2D eigenvalue weighted by Crippen LogP contribution is -1.95. The summed E-state index contributed by atoms with van der Waals surface area (Å²) < 4.78 is 1.90. The first-order valence-corrected chi connectivity index (χ1v) is 5.43. The van der Waals surface area contributed by atoms with Gasteiger partial charge in [0.2, 0.25) is 0 Å². The van der Waals surface area contributed by atoms with E-state index >= 15 is 0 Å². The van der Waals surface area contributed by atoms with Gasteiger partial charge in [0.15, 0.2) is 0 Å². The predicted octanol–water partition coefficient (Wildman–Crippen LogP) is 3.74. The molecule has 0 N–H and O–H groups in total. The second-order valence-electron chi connectivity index (χ2n) is 2.31. The molecule has 0 saturated carbocycles. The average molecular weight is 359 g/mol. The lowest BCUT2D eigenvalue weighted by molar-refractivity contribution is 0.108. The Bertz CT molecular complexity index is 338. The lowest BCUT2D eigenvalue weighted by Gasteiger charge is -2.04. The lowest BCUT2D eigenvalue weighted by atomic mass is 10.2. The van der Waals surface area contributed by atoms with Gasteiger partial charge >= 0.3 is 0 Å². The maximum absolute atomic E-state index is 10.9. The number of carbonyl (C=O) groups is 1. The van der Waals surface area contributed by atoms with Crippen molar-refractivity contribution < 1.29 is 4.79 Å². The van der Waals surface area contributed by atoms with E-state index < -0.39 is 5.24 Å². The monoisotopic (exact) mass is 358 g/mol. The van der Waals surface area contributed by atoms with Crippen molar-refractivity contribution in [1.82, 2.24) is 0 Å². The number of rotatable bonds is 1. The molecular weight excluding hydrogens is 354 g/mol. The van der Waals surface area contributed by atoms with E-state index in [0.717, 1.165) is 13.6 Å². The molecule has 0 bridgehead atoms. The van der Waals surface area contributed by atoms with Crippen LogP contribution in [0.4, 0.5) is 0 Å². The molecule has 0 aliphatic carbocycles. The number of hydrogen-bond donors (Lipinski definition) is 0. The molecule has 1 rings (SSSR count). The van der Waals surface area contributed by atoms with Gasteiger partial charge in [-0.25, -0.2) is 0 Å². The summed E-state index contributed by atoms with van der Waals surface area (Å²) >= 11 is 10.9. The molecule has 0 atom stereocenters. The smallest absolute Gasteiger partial charge is 0.253 e. The quantitative estimate of drug-likeness (QED) is 0.551.